The minimum absolute atomic E-state index is 0.365. The van der Waals surface area contributed by atoms with Crippen molar-refractivity contribution in [3.63, 3.8) is 0 Å². The highest BCUT2D eigenvalue weighted by molar-refractivity contribution is 5.81. The number of hydrogen-bond donors (Lipinski definition) is 0. The van der Waals surface area contributed by atoms with Crippen molar-refractivity contribution in [1.29, 1.82) is 0 Å². The van der Waals surface area contributed by atoms with E-state index in [2.05, 4.69) is 37.0 Å². The number of esters is 1. The maximum atomic E-state index is 10.9. The van der Waals surface area contributed by atoms with Crippen molar-refractivity contribution in [2.75, 3.05) is 6.61 Å². The summed E-state index contributed by atoms with van der Waals surface area (Å²) in [5.41, 5.74) is 3.73. The van der Waals surface area contributed by atoms with Gasteiger partial charge >= 0.3 is 5.97 Å². The second kappa shape index (κ2) is 4.79. The van der Waals surface area contributed by atoms with E-state index in [1.54, 1.807) is 0 Å². The Kier molecular flexibility index (Phi) is 3.20. The number of carbonyl (C=O) groups excluding carboxylic acids is 1. The summed E-state index contributed by atoms with van der Waals surface area (Å²) in [6.45, 7) is 3.73. The number of allylic oxidation sites excluding steroid dienone is 7. The first-order valence-corrected chi connectivity index (χ1v) is 5.34. The van der Waals surface area contributed by atoms with E-state index in [1.165, 1.54) is 17.2 Å². The van der Waals surface area contributed by atoms with Crippen LogP contribution in [-0.4, -0.2) is 12.6 Å². The van der Waals surface area contributed by atoms with Gasteiger partial charge in [-0.2, -0.15) is 0 Å². The molecule has 0 aromatic heterocycles. The fourth-order valence-corrected chi connectivity index (χ4v) is 1.79. The van der Waals surface area contributed by atoms with Crippen LogP contribution >= 0.6 is 0 Å². The second-order valence-corrected chi connectivity index (χ2v) is 3.80. The SMILES string of the molecule is C=CC(=O)OCC1=CC(C2=CC=CC2)=CC1. The van der Waals surface area contributed by atoms with Crippen molar-refractivity contribution in [2.45, 2.75) is 12.8 Å². The molecule has 0 saturated heterocycles. The average Bonchev–Trinajstić information content (AvgIpc) is 2.95. The Morgan fingerprint density at radius 2 is 2.38 bits per heavy atom. The molecule has 82 valence electrons. The van der Waals surface area contributed by atoms with E-state index in [0.717, 1.165) is 18.4 Å². The van der Waals surface area contributed by atoms with Gasteiger partial charge in [-0.1, -0.05) is 37.0 Å². The molecule has 0 aliphatic heterocycles. The molecule has 0 aromatic rings. The highest BCUT2D eigenvalue weighted by Gasteiger charge is 2.12. The predicted octanol–water partition coefficient (Wildman–Crippen LogP) is 2.86. The molecule has 2 aliphatic carbocycles. The molecule has 0 bridgehead atoms. The molecule has 0 atom stereocenters. The minimum Gasteiger partial charge on any atom is -0.458 e. The molecular formula is C14H14O2. The monoisotopic (exact) mass is 214 g/mol. The standard InChI is InChI=1S/C14H14O2/c1-2-14(15)16-10-11-7-8-13(9-11)12-5-3-4-6-12/h2-5,8-9H,1,6-7,10H2. The number of carbonyl (C=O) groups is 1. The summed E-state index contributed by atoms with van der Waals surface area (Å²) in [6, 6.07) is 0. The van der Waals surface area contributed by atoms with Crippen LogP contribution < -0.4 is 0 Å². The van der Waals surface area contributed by atoms with Crippen LogP contribution in [0.1, 0.15) is 12.8 Å². The van der Waals surface area contributed by atoms with Gasteiger partial charge in [0.15, 0.2) is 0 Å². The first kappa shape index (κ1) is 10.7. The molecule has 0 spiro atoms. The Morgan fingerprint density at radius 3 is 3.06 bits per heavy atom. The summed E-state index contributed by atoms with van der Waals surface area (Å²) in [7, 11) is 0. The van der Waals surface area contributed by atoms with E-state index in [1.807, 2.05) is 0 Å². The zero-order chi connectivity index (χ0) is 11.4. The van der Waals surface area contributed by atoms with Gasteiger partial charge in [-0.3, -0.25) is 0 Å². The van der Waals surface area contributed by atoms with E-state index in [0.29, 0.717) is 6.61 Å². The molecule has 0 saturated carbocycles. The lowest BCUT2D eigenvalue weighted by molar-refractivity contribution is -0.136. The van der Waals surface area contributed by atoms with Crippen molar-refractivity contribution in [2.24, 2.45) is 0 Å². The lowest BCUT2D eigenvalue weighted by atomic mass is 10.1. The van der Waals surface area contributed by atoms with E-state index >= 15 is 0 Å². The van der Waals surface area contributed by atoms with Gasteiger partial charge in [0.1, 0.15) is 6.61 Å². The predicted molar refractivity (Wildman–Crippen MR) is 63.8 cm³/mol. The van der Waals surface area contributed by atoms with Gasteiger partial charge in [0.05, 0.1) is 0 Å². The van der Waals surface area contributed by atoms with Crippen LogP contribution in [0.5, 0.6) is 0 Å². The average molecular weight is 214 g/mol. The van der Waals surface area contributed by atoms with Gasteiger partial charge in [-0.05, 0) is 29.6 Å². The molecule has 16 heavy (non-hydrogen) atoms. The van der Waals surface area contributed by atoms with Crippen molar-refractivity contribution < 1.29 is 9.53 Å². The van der Waals surface area contributed by atoms with Crippen LogP contribution in [0.3, 0.4) is 0 Å². The summed E-state index contributed by atoms with van der Waals surface area (Å²) in [6.07, 6.45) is 13.7. The summed E-state index contributed by atoms with van der Waals surface area (Å²) < 4.78 is 4.99. The molecule has 2 rings (SSSR count). The van der Waals surface area contributed by atoms with Crippen LogP contribution in [-0.2, 0) is 9.53 Å². The maximum Gasteiger partial charge on any atom is 0.330 e. The zero-order valence-electron chi connectivity index (χ0n) is 9.11. The van der Waals surface area contributed by atoms with Crippen LogP contribution in [0.4, 0.5) is 0 Å². The topological polar surface area (TPSA) is 26.3 Å². The molecule has 0 heterocycles. The first-order chi connectivity index (χ1) is 7.79. The van der Waals surface area contributed by atoms with Crippen molar-refractivity contribution in [1.82, 2.24) is 0 Å². The fourth-order valence-electron chi connectivity index (χ4n) is 1.79. The molecule has 2 aliphatic rings. The molecule has 0 unspecified atom stereocenters. The number of rotatable bonds is 4. The second-order valence-electron chi connectivity index (χ2n) is 3.80. The van der Waals surface area contributed by atoms with Crippen molar-refractivity contribution >= 4 is 5.97 Å². The van der Waals surface area contributed by atoms with Gasteiger partial charge < -0.3 is 4.74 Å². The molecule has 0 fully saturated rings. The van der Waals surface area contributed by atoms with E-state index in [9.17, 15) is 4.79 Å². The summed E-state index contributed by atoms with van der Waals surface area (Å²) in [4.78, 5) is 10.9. The number of ether oxygens (including phenoxy) is 1. The molecule has 2 nitrogen and oxygen atoms in total. The summed E-state index contributed by atoms with van der Waals surface area (Å²) >= 11 is 0. The van der Waals surface area contributed by atoms with Crippen molar-refractivity contribution in [3.8, 4) is 0 Å². The van der Waals surface area contributed by atoms with Crippen LogP contribution in [0, 0.1) is 0 Å². The Labute approximate surface area is 95.3 Å². The maximum absolute atomic E-state index is 10.9. The van der Waals surface area contributed by atoms with Gasteiger partial charge in [0.25, 0.3) is 0 Å². The molecule has 0 amide bonds. The van der Waals surface area contributed by atoms with Crippen LogP contribution in [0.2, 0.25) is 0 Å². The molecule has 0 N–H and O–H groups in total. The van der Waals surface area contributed by atoms with Gasteiger partial charge in [-0.25, -0.2) is 4.79 Å². The van der Waals surface area contributed by atoms with Crippen LogP contribution in [0.25, 0.3) is 0 Å². The zero-order valence-corrected chi connectivity index (χ0v) is 9.11. The van der Waals surface area contributed by atoms with E-state index in [4.69, 9.17) is 4.74 Å². The lowest BCUT2D eigenvalue weighted by Crippen LogP contribution is -2.03. The highest BCUT2D eigenvalue weighted by atomic mass is 16.5. The first-order valence-electron chi connectivity index (χ1n) is 5.34. The van der Waals surface area contributed by atoms with E-state index < -0.39 is 0 Å². The Hall–Kier alpha value is -1.83. The minimum atomic E-state index is -0.365. The molecular weight excluding hydrogens is 200 g/mol. The van der Waals surface area contributed by atoms with Crippen molar-refractivity contribution in [3.05, 3.63) is 59.8 Å². The Morgan fingerprint density at radius 1 is 1.50 bits per heavy atom. The fraction of sp³-hybridized carbons (Fsp3) is 0.214. The highest BCUT2D eigenvalue weighted by Crippen LogP contribution is 2.28. The largest absolute Gasteiger partial charge is 0.458 e. The van der Waals surface area contributed by atoms with Gasteiger partial charge in [-0.15, -0.1) is 0 Å². The van der Waals surface area contributed by atoms with Crippen LogP contribution in [0.15, 0.2) is 59.8 Å². The third-order valence-electron chi connectivity index (χ3n) is 2.65. The van der Waals surface area contributed by atoms with Gasteiger partial charge in [0.2, 0.25) is 0 Å². The van der Waals surface area contributed by atoms with E-state index in [-0.39, 0.29) is 5.97 Å². The molecule has 0 aromatic carbocycles. The third-order valence-corrected chi connectivity index (χ3v) is 2.65. The quantitative estimate of drug-likeness (QED) is 0.531. The molecule has 2 heteroatoms. The third kappa shape index (κ3) is 2.40. The Balaban J connectivity index is 1.89. The smallest absolute Gasteiger partial charge is 0.330 e. The summed E-state index contributed by atoms with van der Waals surface area (Å²) in [5.74, 6) is -0.365. The summed E-state index contributed by atoms with van der Waals surface area (Å²) in [5, 5.41) is 0. The Bertz CT molecular complexity index is 434. The van der Waals surface area contributed by atoms with Gasteiger partial charge in [0, 0.05) is 6.08 Å². The number of hydrogen-bond acceptors (Lipinski definition) is 2. The lowest BCUT2D eigenvalue weighted by Gasteiger charge is -2.02. The normalized spacial score (nSPS) is 17.9. The molecule has 0 radical (unpaired) electrons.